The molecule has 0 spiro atoms. The number of phenols is 1. The Labute approximate surface area is 94.8 Å². The van der Waals surface area contributed by atoms with Crippen molar-refractivity contribution in [1.82, 2.24) is 0 Å². The highest BCUT2D eigenvalue weighted by Gasteiger charge is 2.18. The maximum Gasteiger partial charge on any atom is 0.341 e. The lowest BCUT2D eigenvalue weighted by molar-refractivity contribution is 0.0595. The molecule has 0 heterocycles. The zero-order chi connectivity index (χ0) is 12.1. The minimum absolute atomic E-state index is 0.0907. The molecule has 0 fully saturated rings. The number of hydrogen-bond donors (Lipinski definition) is 1. The highest BCUT2D eigenvalue weighted by molar-refractivity contribution is 5.94. The Bertz CT molecular complexity index is 385. The van der Waals surface area contributed by atoms with Gasteiger partial charge in [0.25, 0.3) is 0 Å². The van der Waals surface area contributed by atoms with Crippen LogP contribution in [-0.2, 0) is 11.2 Å². The predicted molar refractivity (Wildman–Crippen MR) is 60.0 cm³/mol. The number of ether oxygens (including phenoxy) is 2. The van der Waals surface area contributed by atoms with E-state index in [0.717, 1.165) is 12.0 Å². The summed E-state index contributed by atoms with van der Waals surface area (Å²) in [6.07, 6.45) is 1.56. The first-order chi connectivity index (χ1) is 7.63. The van der Waals surface area contributed by atoms with E-state index in [1.165, 1.54) is 20.3 Å². The van der Waals surface area contributed by atoms with Crippen molar-refractivity contribution in [1.29, 1.82) is 0 Å². The van der Waals surface area contributed by atoms with Gasteiger partial charge in [-0.15, -0.1) is 0 Å². The van der Waals surface area contributed by atoms with Crippen LogP contribution in [0.2, 0.25) is 0 Å². The highest BCUT2D eigenvalue weighted by atomic mass is 16.5. The van der Waals surface area contributed by atoms with Gasteiger partial charge in [0.05, 0.1) is 14.2 Å². The summed E-state index contributed by atoms with van der Waals surface area (Å²) >= 11 is 0. The maximum absolute atomic E-state index is 11.6. The molecule has 0 saturated carbocycles. The van der Waals surface area contributed by atoms with Gasteiger partial charge in [-0.25, -0.2) is 4.79 Å². The topological polar surface area (TPSA) is 55.8 Å². The number of esters is 1. The van der Waals surface area contributed by atoms with Gasteiger partial charge in [-0.2, -0.15) is 0 Å². The Hall–Kier alpha value is -1.71. The van der Waals surface area contributed by atoms with Gasteiger partial charge in [-0.1, -0.05) is 13.3 Å². The van der Waals surface area contributed by atoms with Gasteiger partial charge in [-0.3, -0.25) is 0 Å². The minimum Gasteiger partial charge on any atom is -0.508 e. The Morgan fingerprint density at radius 3 is 2.56 bits per heavy atom. The second-order valence-electron chi connectivity index (χ2n) is 3.42. The molecule has 1 aromatic carbocycles. The molecule has 0 unspecified atom stereocenters. The Morgan fingerprint density at radius 1 is 1.38 bits per heavy atom. The number of aromatic hydroxyl groups is 1. The van der Waals surface area contributed by atoms with Crippen LogP contribution in [0.4, 0.5) is 0 Å². The number of benzene rings is 1. The lowest BCUT2D eigenvalue weighted by Gasteiger charge is -2.12. The van der Waals surface area contributed by atoms with Crippen molar-refractivity contribution in [2.45, 2.75) is 19.8 Å². The average Bonchev–Trinajstić information content (AvgIpc) is 2.27. The first-order valence-corrected chi connectivity index (χ1v) is 5.12. The van der Waals surface area contributed by atoms with Crippen molar-refractivity contribution in [2.24, 2.45) is 0 Å². The third-order valence-corrected chi connectivity index (χ3v) is 2.30. The number of carbonyl (C=O) groups is 1. The van der Waals surface area contributed by atoms with Crippen LogP contribution in [0.1, 0.15) is 29.3 Å². The lowest BCUT2D eigenvalue weighted by Crippen LogP contribution is -2.08. The molecule has 0 aliphatic heterocycles. The van der Waals surface area contributed by atoms with E-state index in [0.29, 0.717) is 17.7 Å². The average molecular weight is 224 g/mol. The van der Waals surface area contributed by atoms with Crippen molar-refractivity contribution in [3.63, 3.8) is 0 Å². The molecule has 1 aromatic rings. The summed E-state index contributed by atoms with van der Waals surface area (Å²) in [5.74, 6) is -0.0106. The second kappa shape index (κ2) is 5.39. The zero-order valence-corrected chi connectivity index (χ0v) is 9.74. The number of hydrogen-bond acceptors (Lipinski definition) is 4. The van der Waals surface area contributed by atoms with Crippen molar-refractivity contribution < 1.29 is 19.4 Å². The normalized spacial score (nSPS) is 9.94. The van der Waals surface area contributed by atoms with Crippen LogP contribution in [0.5, 0.6) is 11.5 Å². The highest BCUT2D eigenvalue weighted by Crippen LogP contribution is 2.29. The molecular formula is C12H16O4. The molecule has 0 saturated heterocycles. The standard InChI is InChI=1S/C12H16O4/c1-4-5-8-6-9(13)7-10(15-2)11(8)12(14)16-3/h6-7,13H,4-5H2,1-3H3. The zero-order valence-electron chi connectivity index (χ0n) is 9.74. The molecule has 0 atom stereocenters. The number of methoxy groups -OCH3 is 2. The second-order valence-corrected chi connectivity index (χ2v) is 3.42. The van der Waals surface area contributed by atoms with E-state index in [2.05, 4.69) is 0 Å². The predicted octanol–water partition coefficient (Wildman–Crippen LogP) is 2.14. The van der Waals surface area contributed by atoms with Gasteiger partial charge in [0.1, 0.15) is 17.1 Å². The number of phenolic OH excluding ortho intramolecular Hbond substituents is 1. The van der Waals surface area contributed by atoms with E-state index in [9.17, 15) is 9.90 Å². The molecule has 4 nitrogen and oxygen atoms in total. The first kappa shape index (κ1) is 12.4. The van der Waals surface area contributed by atoms with E-state index < -0.39 is 5.97 Å². The molecule has 0 bridgehead atoms. The summed E-state index contributed by atoms with van der Waals surface area (Å²) in [6, 6.07) is 2.98. The fraction of sp³-hybridized carbons (Fsp3) is 0.417. The van der Waals surface area contributed by atoms with E-state index in [1.54, 1.807) is 6.07 Å². The molecule has 1 N–H and O–H groups in total. The molecule has 0 aliphatic carbocycles. The summed E-state index contributed by atoms with van der Waals surface area (Å²) < 4.78 is 9.78. The van der Waals surface area contributed by atoms with E-state index in [1.807, 2.05) is 6.92 Å². The van der Waals surface area contributed by atoms with Gasteiger partial charge in [-0.05, 0) is 18.1 Å². The SMILES string of the molecule is CCCc1cc(O)cc(OC)c1C(=O)OC. The third kappa shape index (κ3) is 2.45. The van der Waals surface area contributed by atoms with Crippen LogP contribution in [0, 0.1) is 0 Å². The maximum atomic E-state index is 11.6. The molecular weight excluding hydrogens is 208 g/mol. The van der Waals surface area contributed by atoms with E-state index in [-0.39, 0.29) is 5.75 Å². The van der Waals surface area contributed by atoms with Gasteiger partial charge in [0, 0.05) is 6.07 Å². The fourth-order valence-corrected chi connectivity index (χ4v) is 1.62. The minimum atomic E-state index is -0.444. The molecule has 1 rings (SSSR count). The van der Waals surface area contributed by atoms with Crippen LogP contribution in [-0.4, -0.2) is 25.3 Å². The van der Waals surface area contributed by atoms with Crippen LogP contribution in [0.25, 0.3) is 0 Å². The molecule has 0 radical (unpaired) electrons. The fourth-order valence-electron chi connectivity index (χ4n) is 1.62. The smallest absolute Gasteiger partial charge is 0.341 e. The monoisotopic (exact) mass is 224 g/mol. The van der Waals surface area contributed by atoms with Crippen molar-refractivity contribution in [3.05, 3.63) is 23.3 Å². The Kier molecular flexibility index (Phi) is 4.17. The van der Waals surface area contributed by atoms with Crippen molar-refractivity contribution in [3.8, 4) is 11.5 Å². The van der Waals surface area contributed by atoms with Gasteiger partial charge >= 0.3 is 5.97 Å². The molecule has 4 heteroatoms. The number of aryl methyl sites for hydroxylation is 1. The molecule has 0 aromatic heterocycles. The van der Waals surface area contributed by atoms with Crippen LogP contribution in [0.15, 0.2) is 12.1 Å². The third-order valence-electron chi connectivity index (χ3n) is 2.30. The summed E-state index contributed by atoms with van der Waals surface area (Å²) in [6.45, 7) is 2.00. The van der Waals surface area contributed by atoms with Gasteiger partial charge in [0.2, 0.25) is 0 Å². The summed E-state index contributed by atoms with van der Waals surface area (Å²) in [4.78, 5) is 11.6. The van der Waals surface area contributed by atoms with Crippen LogP contribution in [0.3, 0.4) is 0 Å². The van der Waals surface area contributed by atoms with Gasteiger partial charge < -0.3 is 14.6 Å². The van der Waals surface area contributed by atoms with Crippen LogP contribution >= 0.6 is 0 Å². The van der Waals surface area contributed by atoms with Crippen LogP contribution < -0.4 is 4.74 Å². The summed E-state index contributed by atoms with van der Waals surface area (Å²) in [7, 11) is 2.78. The van der Waals surface area contributed by atoms with E-state index >= 15 is 0 Å². The lowest BCUT2D eigenvalue weighted by atomic mass is 10.0. The van der Waals surface area contributed by atoms with Gasteiger partial charge in [0.15, 0.2) is 0 Å². The number of carbonyl (C=O) groups excluding carboxylic acids is 1. The van der Waals surface area contributed by atoms with Crippen molar-refractivity contribution >= 4 is 5.97 Å². The first-order valence-electron chi connectivity index (χ1n) is 5.12. The summed E-state index contributed by atoms with van der Waals surface area (Å²) in [5.41, 5.74) is 1.14. The summed E-state index contributed by atoms with van der Waals surface area (Å²) in [5, 5.41) is 9.50. The largest absolute Gasteiger partial charge is 0.508 e. The molecule has 0 amide bonds. The quantitative estimate of drug-likeness (QED) is 0.796. The molecule has 16 heavy (non-hydrogen) atoms. The van der Waals surface area contributed by atoms with E-state index in [4.69, 9.17) is 9.47 Å². The Balaban J connectivity index is 3.32. The van der Waals surface area contributed by atoms with Crippen molar-refractivity contribution in [2.75, 3.05) is 14.2 Å². The molecule has 88 valence electrons. The number of rotatable bonds is 4. The molecule has 0 aliphatic rings. The Morgan fingerprint density at radius 2 is 2.06 bits per heavy atom.